The van der Waals surface area contributed by atoms with Gasteiger partial charge in [-0.1, -0.05) is 19.3 Å². The Labute approximate surface area is 115 Å². The van der Waals surface area contributed by atoms with E-state index < -0.39 is 0 Å². The summed E-state index contributed by atoms with van der Waals surface area (Å²) in [5, 5.41) is 3.21. The maximum Gasteiger partial charge on any atom is 0.223 e. The number of halogens is 1. The molecular weight excluding hydrogens is 246 g/mol. The molecule has 0 bridgehead atoms. The number of amides is 1. The lowest BCUT2D eigenvalue weighted by molar-refractivity contribution is -0.123. The summed E-state index contributed by atoms with van der Waals surface area (Å²) >= 11 is 6.03. The molecule has 3 heteroatoms. The number of rotatable bonds is 4. The molecule has 3 saturated carbocycles. The van der Waals surface area contributed by atoms with Crippen LogP contribution in [0.2, 0.25) is 0 Å². The van der Waals surface area contributed by atoms with E-state index in [0.717, 1.165) is 24.3 Å². The molecule has 3 aliphatic carbocycles. The van der Waals surface area contributed by atoms with Crippen LogP contribution >= 0.6 is 11.6 Å². The first-order valence-corrected chi connectivity index (χ1v) is 8.18. The molecule has 4 atom stereocenters. The van der Waals surface area contributed by atoms with Crippen molar-refractivity contribution in [3.8, 4) is 0 Å². The van der Waals surface area contributed by atoms with Gasteiger partial charge in [0.25, 0.3) is 0 Å². The summed E-state index contributed by atoms with van der Waals surface area (Å²) in [6.07, 6.45) is 9.04. The van der Waals surface area contributed by atoms with Gasteiger partial charge in [-0.2, -0.15) is 0 Å². The lowest BCUT2D eigenvalue weighted by Crippen LogP contribution is -2.36. The molecule has 1 N–H and O–H groups in total. The van der Waals surface area contributed by atoms with Crippen LogP contribution in [0.3, 0.4) is 0 Å². The minimum atomic E-state index is 0.337. The van der Waals surface area contributed by atoms with Crippen LogP contribution in [-0.2, 0) is 4.79 Å². The Morgan fingerprint density at radius 3 is 2.33 bits per heavy atom. The number of hydrogen-bond acceptors (Lipinski definition) is 1. The van der Waals surface area contributed by atoms with Crippen LogP contribution in [0.25, 0.3) is 0 Å². The van der Waals surface area contributed by atoms with Crippen molar-refractivity contribution in [1.82, 2.24) is 5.32 Å². The number of hydrogen-bond donors (Lipinski definition) is 1. The molecular formula is C15H24ClNO. The highest BCUT2D eigenvalue weighted by molar-refractivity contribution is 6.18. The van der Waals surface area contributed by atoms with E-state index >= 15 is 0 Å². The molecule has 4 unspecified atom stereocenters. The normalized spacial score (nSPS) is 42.4. The first-order chi connectivity index (χ1) is 8.81. The van der Waals surface area contributed by atoms with E-state index in [0.29, 0.717) is 23.7 Å². The van der Waals surface area contributed by atoms with Crippen LogP contribution in [-0.4, -0.2) is 18.3 Å². The molecule has 102 valence electrons. The van der Waals surface area contributed by atoms with Gasteiger partial charge in [-0.25, -0.2) is 0 Å². The Bertz CT molecular complexity index is 310. The zero-order valence-electron chi connectivity index (χ0n) is 11.0. The monoisotopic (exact) mass is 269 g/mol. The van der Waals surface area contributed by atoms with Crippen LogP contribution < -0.4 is 5.32 Å². The summed E-state index contributed by atoms with van der Waals surface area (Å²) in [7, 11) is 0. The molecule has 2 nitrogen and oxygen atoms in total. The first-order valence-electron chi connectivity index (χ1n) is 7.65. The van der Waals surface area contributed by atoms with Gasteiger partial charge >= 0.3 is 0 Å². The number of carbonyl (C=O) groups excluding carboxylic acids is 1. The highest BCUT2D eigenvalue weighted by Gasteiger charge is 2.56. The van der Waals surface area contributed by atoms with Crippen molar-refractivity contribution in [1.29, 1.82) is 0 Å². The van der Waals surface area contributed by atoms with Crippen molar-refractivity contribution in [2.75, 3.05) is 12.4 Å². The third-order valence-corrected chi connectivity index (χ3v) is 5.91. The summed E-state index contributed by atoms with van der Waals surface area (Å²) in [6.45, 7) is 0.867. The molecule has 0 radical (unpaired) electrons. The third-order valence-electron chi connectivity index (χ3n) is 5.51. The summed E-state index contributed by atoms with van der Waals surface area (Å²) in [4.78, 5) is 12.1. The Hall–Kier alpha value is -0.240. The maximum absolute atomic E-state index is 12.1. The molecule has 3 aliphatic rings. The molecule has 3 rings (SSSR count). The summed E-state index contributed by atoms with van der Waals surface area (Å²) < 4.78 is 0. The van der Waals surface area contributed by atoms with Crippen molar-refractivity contribution in [3.05, 3.63) is 0 Å². The van der Waals surface area contributed by atoms with Gasteiger partial charge in [0.15, 0.2) is 0 Å². The zero-order valence-corrected chi connectivity index (χ0v) is 11.8. The van der Waals surface area contributed by atoms with Crippen molar-refractivity contribution >= 4 is 17.5 Å². The smallest absolute Gasteiger partial charge is 0.223 e. The largest absolute Gasteiger partial charge is 0.356 e. The van der Waals surface area contributed by atoms with Gasteiger partial charge in [-0.15, -0.1) is 11.6 Å². The van der Waals surface area contributed by atoms with Gasteiger partial charge in [0, 0.05) is 18.3 Å². The van der Waals surface area contributed by atoms with E-state index in [1.54, 1.807) is 0 Å². The number of fused-ring (bicyclic) bond motifs is 1. The Balaban J connectivity index is 1.44. The second-order valence-electron chi connectivity index (χ2n) is 6.49. The van der Waals surface area contributed by atoms with Gasteiger partial charge < -0.3 is 5.32 Å². The van der Waals surface area contributed by atoms with Gasteiger partial charge in [0.1, 0.15) is 0 Å². The second-order valence-corrected chi connectivity index (χ2v) is 6.80. The molecule has 0 heterocycles. The minimum absolute atomic E-state index is 0.337. The van der Waals surface area contributed by atoms with E-state index in [2.05, 4.69) is 5.32 Å². The highest BCUT2D eigenvalue weighted by Crippen LogP contribution is 2.57. The molecule has 1 amide bonds. The number of alkyl halides is 1. The topological polar surface area (TPSA) is 29.1 Å². The third kappa shape index (κ3) is 2.41. The fourth-order valence-electron chi connectivity index (χ4n) is 4.32. The van der Waals surface area contributed by atoms with Gasteiger partial charge in [0.2, 0.25) is 5.91 Å². The maximum atomic E-state index is 12.1. The van der Waals surface area contributed by atoms with Crippen molar-refractivity contribution < 1.29 is 4.79 Å². The number of carbonyl (C=O) groups is 1. The molecule has 0 spiro atoms. The van der Waals surface area contributed by atoms with Crippen molar-refractivity contribution in [2.24, 2.45) is 29.6 Å². The average Bonchev–Trinajstić information content (AvgIpc) is 2.89. The minimum Gasteiger partial charge on any atom is -0.356 e. The molecule has 0 aromatic rings. The van der Waals surface area contributed by atoms with Crippen LogP contribution in [0.15, 0.2) is 0 Å². The van der Waals surface area contributed by atoms with E-state index in [-0.39, 0.29) is 0 Å². The molecule has 3 fully saturated rings. The van der Waals surface area contributed by atoms with Crippen molar-refractivity contribution in [2.45, 2.75) is 44.9 Å². The summed E-state index contributed by atoms with van der Waals surface area (Å²) in [5.74, 6) is 4.19. The van der Waals surface area contributed by atoms with Crippen LogP contribution in [0.4, 0.5) is 0 Å². The van der Waals surface area contributed by atoms with Crippen LogP contribution in [0.1, 0.15) is 44.9 Å². The quantitative estimate of drug-likeness (QED) is 0.781. The second kappa shape index (κ2) is 5.40. The number of nitrogens with one attached hydrogen (secondary N) is 1. The molecule has 18 heavy (non-hydrogen) atoms. The fourth-order valence-corrected chi connectivity index (χ4v) is 4.72. The van der Waals surface area contributed by atoms with E-state index in [1.165, 1.54) is 44.9 Å². The van der Waals surface area contributed by atoms with Crippen molar-refractivity contribution in [3.63, 3.8) is 0 Å². The Morgan fingerprint density at radius 1 is 1.00 bits per heavy atom. The first kappa shape index (κ1) is 12.8. The Kier molecular flexibility index (Phi) is 3.83. The van der Waals surface area contributed by atoms with E-state index in [4.69, 9.17) is 11.6 Å². The van der Waals surface area contributed by atoms with Crippen LogP contribution in [0.5, 0.6) is 0 Å². The molecule has 0 aliphatic heterocycles. The lowest BCUT2D eigenvalue weighted by atomic mass is 9.80. The molecule has 0 aromatic heterocycles. The highest BCUT2D eigenvalue weighted by atomic mass is 35.5. The Morgan fingerprint density at radius 2 is 1.67 bits per heavy atom. The lowest BCUT2D eigenvalue weighted by Gasteiger charge is -2.30. The SMILES string of the molecule is O=C(NCC1CCCCC1CCl)C1C2CCCC21. The standard InChI is InChI=1S/C15H24ClNO/c16-8-10-4-1-2-5-11(10)9-17-15(18)14-12-6-3-7-13(12)14/h10-14H,1-9H2,(H,17,18). The summed E-state index contributed by atoms with van der Waals surface area (Å²) in [6, 6.07) is 0. The molecule has 0 aromatic carbocycles. The predicted octanol–water partition coefficient (Wildman–Crippen LogP) is 3.19. The predicted molar refractivity (Wildman–Crippen MR) is 73.5 cm³/mol. The molecule has 0 saturated heterocycles. The fraction of sp³-hybridized carbons (Fsp3) is 0.933. The van der Waals surface area contributed by atoms with E-state index in [9.17, 15) is 4.79 Å². The van der Waals surface area contributed by atoms with Gasteiger partial charge in [0.05, 0.1) is 0 Å². The summed E-state index contributed by atoms with van der Waals surface area (Å²) in [5.41, 5.74) is 0. The van der Waals surface area contributed by atoms with Crippen LogP contribution in [0, 0.1) is 29.6 Å². The zero-order chi connectivity index (χ0) is 12.5. The average molecular weight is 270 g/mol. The van der Waals surface area contributed by atoms with Gasteiger partial charge in [-0.3, -0.25) is 4.79 Å². The van der Waals surface area contributed by atoms with Gasteiger partial charge in [-0.05, 0) is 49.4 Å². The van der Waals surface area contributed by atoms with E-state index in [1.807, 2.05) is 0 Å².